The van der Waals surface area contributed by atoms with Crippen LogP contribution in [-0.4, -0.2) is 19.0 Å². The molecule has 6 heteroatoms. The van der Waals surface area contributed by atoms with Crippen LogP contribution in [0.1, 0.15) is 17.8 Å². The molecular formula is C14H17N3O2S. The molecule has 0 saturated carbocycles. The zero-order valence-electron chi connectivity index (χ0n) is 11.7. The third-order valence-electron chi connectivity index (χ3n) is 3.38. The van der Waals surface area contributed by atoms with Crippen molar-refractivity contribution in [3.63, 3.8) is 0 Å². The Morgan fingerprint density at radius 3 is 2.65 bits per heavy atom. The summed E-state index contributed by atoms with van der Waals surface area (Å²) in [6, 6.07) is 9.43. The van der Waals surface area contributed by atoms with E-state index in [0.29, 0.717) is 11.4 Å². The lowest BCUT2D eigenvalue weighted by atomic mass is 10.1. The third-order valence-corrected chi connectivity index (χ3v) is 4.43. The van der Waals surface area contributed by atoms with Crippen LogP contribution in [0.4, 0.5) is 17.1 Å². The zero-order valence-corrected chi connectivity index (χ0v) is 12.5. The van der Waals surface area contributed by atoms with Crippen LogP contribution in [0.3, 0.4) is 0 Å². The fourth-order valence-electron chi connectivity index (χ4n) is 2.14. The molecule has 0 radical (unpaired) electrons. The number of anilines is 2. The van der Waals surface area contributed by atoms with Gasteiger partial charge in [0.25, 0.3) is 0 Å². The number of nitro groups is 1. The molecule has 0 spiro atoms. The second-order valence-corrected chi connectivity index (χ2v) is 5.46. The number of para-hydroxylation sites is 1. The molecule has 0 amide bonds. The maximum absolute atomic E-state index is 11.4. The van der Waals surface area contributed by atoms with Crippen molar-refractivity contribution in [2.45, 2.75) is 13.0 Å². The quantitative estimate of drug-likeness (QED) is 0.670. The monoisotopic (exact) mass is 291 g/mol. The van der Waals surface area contributed by atoms with Gasteiger partial charge in [0.15, 0.2) is 0 Å². The minimum absolute atomic E-state index is 0.0841. The molecule has 1 heterocycles. The Morgan fingerprint density at radius 2 is 2.10 bits per heavy atom. The summed E-state index contributed by atoms with van der Waals surface area (Å²) in [6.45, 7) is 2.04. The summed E-state index contributed by atoms with van der Waals surface area (Å²) in [5.74, 6) is 0. The summed E-state index contributed by atoms with van der Waals surface area (Å²) in [5, 5.41) is 16.2. The van der Waals surface area contributed by atoms with Crippen LogP contribution in [-0.2, 0) is 0 Å². The van der Waals surface area contributed by atoms with Gasteiger partial charge in [-0.2, -0.15) is 0 Å². The van der Waals surface area contributed by atoms with Gasteiger partial charge in [0.05, 0.1) is 11.0 Å². The molecule has 0 aliphatic carbocycles. The number of nitrogens with zero attached hydrogens (tertiary/aromatic N) is 2. The van der Waals surface area contributed by atoms with Crippen molar-refractivity contribution in [3.05, 3.63) is 50.7 Å². The van der Waals surface area contributed by atoms with Gasteiger partial charge in [-0.1, -0.05) is 12.1 Å². The average Bonchev–Trinajstić information content (AvgIpc) is 2.98. The minimum Gasteiger partial charge on any atom is -0.382 e. The van der Waals surface area contributed by atoms with Gasteiger partial charge in [0.1, 0.15) is 11.4 Å². The topological polar surface area (TPSA) is 58.4 Å². The van der Waals surface area contributed by atoms with Crippen LogP contribution in [0.2, 0.25) is 0 Å². The minimum atomic E-state index is -0.335. The second-order valence-electron chi connectivity index (χ2n) is 4.48. The Hall–Kier alpha value is -2.08. The summed E-state index contributed by atoms with van der Waals surface area (Å²) in [4.78, 5) is 14.1. The van der Waals surface area contributed by atoms with E-state index in [1.165, 1.54) is 4.88 Å². The van der Waals surface area contributed by atoms with Crippen molar-refractivity contribution < 1.29 is 4.92 Å². The molecule has 2 aromatic rings. The van der Waals surface area contributed by atoms with Crippen LogP contribution < -0.4 is 10.2 Å². The number of hydrogen-bond acceptors (Lipinski definition) is 5. The molecule has 5 nitrogen and oxygen atoms in total. The highest BCUT2D eigenvalue weighted by Crippen LogP contribution is 2.38. The first-order valence-corrected chi connectivity index (χ1v) is 7.15. The predicted molar refractivity (Wildman–Crippen MR) is 83.8 cm³/mol. The molecule has 20 heavy (non-hydrogen) atoms. The maximum Gasteiger partial charge on any atom is 0.315 e. The van der Waals surface area contributed by atoms with Crippen molar-refractivity contribution in [2.75, 3.05) is 24.3 Å². The highest BCUT2D eigenvalue weighted by atomic mass is 32.1. The zero-order chi connectivity index (χ0) is 14.7. The van der Waals surface area contributed by atoms with Gasteiger partial charge < -0.3 is 10.2 Å². The van der Waals surface area contributed by atoms with Gasteiger partial charge in [-0.05, 0) is 30.5 Å². The number of rotatable bonds is 5. The lowest BCUT2D eigenvalue weighted by molar-refractivity contribution is -0.383. The number of nitrogens with one attached hydrogen (secondary N) is 1. The average molecular weight is 291 g/mol. The molecule has 1 unspecified atom stereocenters. The number of benzene rings is 1. The summed E-state index contributed by atoms with van der Waals surface area (Å²) >= 11 is 1.65. The summed E-state index contributed by atoms with van der Waals surface area (Å²) in [7, 11) is 3.57. The van der Waals surface area contributed by atoms with Gasteiger partial charge in [-0.25, -0.2) is 0 Å². The maximum atomic E-state index is 11.4. The fraction of sp³-hybridized carbons (Fsp3) is 0.286. The Morgan fingerprint density at radius 1 is 1.35 bits per heavy atom. The SMILES string of the molecule is CNc1cccc(N(C)C(C)c2cccs2)c1[N+](=O)[O-]. The van der Waals surface area contributed by atoms with E-state index in [2.05, 4.69) is 5.32 Å². The summed E-state index contributed by atoms with van der Waals surface area (Å²) in [6.07, 6.45) is 0. The van der Waals surface area contributed by atoms with Crippen LogP contribution in [0, 0.1) is 10.1 Å². The van der Waals surface area contributed by atoms with E-state index in [1.54, 1.807) is 30.5 Å². The summed E-state index contributed by atoms with van der Waals surface area (Å²) < 4.78 is 0. The van der Waals surface area contributed by atoms with Gasteiger partial charge in [-0.3, -0.25) is 10.1 Å². The molecule has 0 bridgehead atoms. The Bertz CT molecular complexity index is 598. The smallest absolute Gasteiger partial charge is 0.315 e. The predicted octanol–water partition coefficient (Wildman–Crippen LogP) is 3.90. The van der Waals surface area contributed by atoms with E-state index in [4.69, 9.17) is 0 Å². The van der Waals surface area contributed by atoms with E-state index in [1.807, 2.05) is 42.5 Å². The lowest BCUT2D eigenvalue weighted by Crippen LogP contribution is -2.22. The molecule has 1 aromatic carbocycles. The molecular weight excluding hydrogens is 274 g/mol. The first-order valence-electron chi connectivity index (χ1n) is 6.27. The molecule has 2 rings (SSSR count). The van der Waals surface area contributed by atoms with Gasteiger partial charge in [0, 0.05) is 19.0 Å². The van der Waals surface area contributed by atoms with Crippen molar-refractivity contribution in [1.29, 1.82) is 0 Å². The van der Waals surface area contributed by atoms with Gasteiger partial charge >= 0.3 is 5.69 Å². The van der Waals surface area contributed by atoms with Gasteiger partial charge in [-0.15, -0.1) is 11.3 Å². The van der Waals surface area contributed by atoms with E-state index in [0.717, 1.165) is 0 Å². The van der Waals surface area contributed by atoms with E-state index >= 15 is 0 Å². The Balaban J connectivity index is 2.44. The van der Waals surface area contributed by atoms with E-state index in [9.17, 15) is 10.1 Å². The largest absolute Gasteiger partial charge is 0.382 e. The standard InChI is InChI=1S/C14H17N3O2S/c1-10(13-8-5-9-20-13)16(3)12-7-4-6-11(15-2)14(12)17(18)19/h4-10,15H,1-3H3. The highest BCUT2D eigenvalue weighted by Gasteiger charge is 2.24. The Labute approximate surface area is 122 Å². The summed E-state index contributed by atoms with van der Waals surface area (Å²) in [5.41, 5.74) is 1.25. The van der Waals surface area contributed by atoms with Crippen LogP contribution >= 0.6 is 11.3 Å². The molecule has 0 saturated heterocycles. The van der Waals surface area contributed by atoms with Crippen molar-refractivity contribution >= 4 is 28.4 Å². The number of hydrogen-bond donors (Lipinski definition) is 1. The van der Waals surface area contributed by atoms with Crippen molar-refractivity contribution in [1.82, 2.24) is 0 Å². The molecule has 106 valence electrons. The molecule has 1 atom stereocenters. The fourth-order valence-corrected chi connectivity index (χ4v) is 2.96. The molecule has 1 N–H and O–H groups in total. The normalized spacial score (nSPS) is 11.9. The number of thiophene rings is 1. The van der Waals surface area contributed by atoms with Crippen molar-refractivity contribution in [3.8, 4) is 0 Å². The van der Waals surface area contributed by atoms with Crippen LogP contribution in [0.25, 0.3) is 0 Å². The molecule has 0 aliphatic rings. The second kappa shape index (κ2) is 5.92. The first-order chi connectivity index (χ1) is 9.56. The highest BCUT2D eigenvalue weighted by molar-refractivity contribution is 7.10. The number of nitro benzene ring substituents is 1. The molecule has 0 aliphatic heterocycles. The lowest BCUT2D eigenvalue weighted by Gasteiger charge is -2.26. The van der Waals surface area contributed by atoms with Crippen LogP contribution in [0.15, 0.2) is 35.7 Å². The van der Waals surface area contributed by atoms with Crippen molar-refractivity contribution in [2.24, 2.45) is 0 Å². The third kappa shape index (κ3) is 2.60. The molecule has 1 aromatic heterocycles. The first kappa shape index (κ1) is 14.3. The molecule has 0 fully saturated rings. The Kier molecular flexibility index (Phi) is 4.24. The van der Waals surface area contributed by atoms with E-state index < -0.39 is 0 Å². The van der Waals surface area contributed by atoms with Gasteiger partial charge in [0.2, 0.25) is 0 Å². The van der Waals surface area contributed by atoms with Crippen LogP contribution in [0.5, 0.6) is 0 Å². The van der Waals surface area contributed by atoms with E-state index in [-0.39, 0.29) is 16.7 Å².